The number of aryl methyl sites for hydroxylation is 1. The molecule has 0 spiro atoms. The van der Waals surface area contributed by atoms with Crippen LogP contribution >= 0.6 is 0 Å². The Bertz CT molecular complexity index is 1140. The molecule has 5 nitrogen and oxygen atoms in total. The maximum Gasteiger partial charge on any atom is 0.261 e. The van der Waals surface area contributed by atoms with Gasteiger partial charge in [-0.2, -0.15) is 0 Å². The first-order valence-corrected chi connectivity index (χ1v) is 10.5. The van der Waals surface area contributed by atoms with Gasteiger partial charge in [-0.3, -0.25) is 9.52 Å². The molecule has 3 aromatic carbocycles. The summed E-state index contributed by atoms with van der Waals surface area (Å²) in [6, 6.07) is 21.2. The number of hydrogen-bond donors (Lipinski definition) is 1. The zero-order chi connectivity index (χ0) is 19.7. The van der Waals surface area contributed by atoms with Gasteiger partial charge in [-0.25, -0.2) is 8.42 Å². The van der Waals surface area contributed by atoms with Crippen LogP contribution in [0.2, 0.25) is 0 Å². The average Bonchev–Trinajstić information content (AvgIpc) is 3.11. The van der Waals surface area contributed by atoms with Crippen molar-refractivity contribution in [3.8, 4) is 0 Å². The highest BCUT2D eigenvalue weighted by atomic mass is 32.2. The van der Waals surface area contributed by atoms with Crippen molar-refractivity contribution >= 4 is 27.3 Å². The van der Waals surface area contributed by atoms with E-state index >= 15 is 0 Å². The third-order valence-electron chi connectivity index (χ3n) is 4.79. The molecule has 142 valence electrons. The number of rotatable bonds is 4. The molecule has 1 heterocycles. The monoisotopic (exact) mass is 392 g/mol. The second-order valence-corrected chi connectivity index (χ2v) is 8.52. The minimum atomic E-state index is -3.66. The molecule has 0 saturated heterocycles. The topological polar surface area (TPSA) is 66.5 Å². The van der Waals surface area contributed by atoms with E-state index in [1.54, 1.807) is 53.4 Å². The lowest BCUT2D eigenvalue weighted by atomic mass is 10.1. The van der Waals surface area contributed by atoms with Gasteiger partial charge in [0.25, 0.3) is 15.9 Å². The standard InChI is InChI=1S/C22H20N2O3S/c1-16-6-5-9-20(14-16)28(26,27)23-19-10-11-21-18(15-19)12-13-24(21)22(25)17-7-3-2-4-8-17/h2-11,14-15,23H,12-13H2,1H3. The lowest BCUT2D eigenvalue weighted by Crippen LogP contribution is -2.28. The van der Waals surface area contributed by atoms with Gasteiger partial charge in [0, 0.05) is 23.5 Å². The summed E-state index contributed by atoms with van der Waals surface area (Å²) in [5.41, 5.74) is 3.79. The molecular weight excluding hydrogens is 372 g/mol. The van der Waals surface area contributed by atoms with E-state index in [4.69, 9.17) is 0 Å². The average molecular weight is 392 g/mol. The fraction of sp³-hybridized carbons (Fsp3) is 0.136. The van der Waals surface area contributed by atoms with E-state index in [9.17, 15) is 13.2 Å². The Hall–Kier alpha value is -3.12. The van der Waals surface area contributed by atoms with Crippen LogP contribution in [0.5, 0.6) is 0 Å². The number of hydrogen-bond acceptors (Lipinski definition) is 3. The third kappa shape index (κ3) is 3.51. The summed E-state index contributed by atoms with van der Waals surface area (Å²) in [7, 11) is -3.66. The minimum absolute atomic E-state index is 0.0487. The van der Waals surface area contributed by atoms with Gasteiger partial charge in [0.15, 0.2) is 0 Å². The van der Waals surface area contributed by atoms with Gasteiger partial charge in [-0.15, -0.1) is 0 Å². The van der Waals surface area contributed by atoms with Crippen LogP contribution in [-0.4, -0.2) is 20.9 Å². The highest BCUT2D eigenvalue weighted by Gasteiger charge is 2.26. The van der Waals surface area contributed by atoms with Gasteiger partial charge in [0.05, 0.1) is 4.90 Å². The summed E-state index contributed by atoms with van der Waals surface area (Å²) in [4.78, 5) is 14.7. The highest BCUT2D eigenvalue weighted by Crippen LogP contribution is 2.32. The minimum Gasteiger partial charge on any atom is -0.308 e. The summed E-state index contributed by atoms with van der Waals surface area (Å²) in [5.74, 6) is -0.0487. The Morgan fingerprint density at radius 2 is 1.75 bits per heavy atom. The fourth-order valence-electron chi connectivity index (χ4n) is 3.41. The number of sulfonamides is 1. The molecule has 0 aliphatic carbocycles. The van der Waals surface area contributed by atoms with E-state index in [1.807, 2.05) is 31.2 Å². The predicted octanol–water partition coefficient (Wildman–Crippen LogP) is 4.00. The van der Waals surface area contributed by atoms with Crippen molar-refractivity contribution in [2.75, 3.05) is 16.2 Å². The van der Waals surface area contributed by atoms with Gasteiger partial charge in [0.1, 0.15) is 0 Å². The Kier molecular flexibility index (Phi) is 4.65. The third-order valence-corrected chi connectivity index (χ3v) is 6.17. The molecule has 0 fully saturated rings. The molecule has 28 heavy (non-hydrogen) atoms. The molecule has 1 aliphatic heterocycles. The summed E-state index contributed by atoms with van der Waals surface area (Å²) in [6.07, 6.45) is 0.688. The number of carbonyl (C=O) groups is 1. The van der Waals surface area contributed by atoms with Gasteiger partial charge in [-0.05, 0) is 66.9 Å². The maximum atomic E-state index is 12.8. The second kappa shape index (κ2) is 7.13. The normalized spacial score (nSPS) is 13.2. The lowest BCUT2D eigenvalue weighted by molar-refractivity contribution is 0.0989. The van der Waals surface area contributed by atoms with Crippen molar-refractivity contribution < 1.29 is 13.2 Å². The second-order valence-electron chi connectivity index (χ2n) is 6.84. The number of carbonyl (C=O) groups excluding carboxylic acids is 1. The Labute approximate surface area is 164 Å². The highest BCUT2D eigenvalue weighted by molar-refractivity contribution is 7.92. The van der Waals surface area contributed by atoms with Gasteiger partial charge in [-0.1, -0.05) is 30.3 Å². The van der Waals surface area contributed by atoms with Crippen LogP contribution in [0.3, 0.4) is 0 Å². The molecular formula is C22H20N2O3S. The summed E-state index contributed by atoms with van der Waals surface area (Å²) < 4.78 is 27.9. The van der Waals surface area contributed by atoms with Crippen molar-refractivity contribution in [2.45, 2.75) is 18.2 Å². The number of nitrogens with zero attached hydrogens (tertiary/aromatic N) is 1. The number of amides is 1. The fourth-order valence-corrected chi connectivity index (χ4v) is 4.56. The quantitative estimate of drug-likeness (QED) is 0.730. The molecule has 0 bridgehead atoms. The molecule has 1 N–H and O–H groups in total. The largest absolute Gasteiger partial charge is 0.308 e. The van der Waals surface area contributed by atoms with E-state index in [0.717, 1.165) is 16.8 Å². The summed E-state index contributed by atoms with van der Waals surface area (Å²) >= 11 is 0. The van der Waals surface area contributed by atoms with Crippen molar-refractivity contribution in [1.82, 2.24) is 0 Å². The first kappa shape index (κ1) is 18.3. The lowest BCUT2D eigenvalue weighted by Gasteiger charge is -2.18. The van der Waals surface area contributed by atoms with Crippen LogP contribution < -0.4 is 9.62 Å². The SMILES string of the molecule is Cc1cccc(S(=O)(=O)Nc2ccc3c(c2)CCN3C(=O)c2ccccc2)c1. The molecule has 6 heteroatoms. The van der Waals surface area contributed by atoms with Crippen molar-refractivity contribution in [1.29, 1.82) is 0 Å². The zero-order valence-electron chi connectivity index (χ0n) is 15.4. The number of anilines is 2. The molecule has 0 atom stereocenters. The van der Waals surface area contributed by atoms with E-state index in [2.05, 4.69) is 4.72 Å². The molecule has 1 aliphatic rings. The molecule has 3 aromatic rings. The van der Waals surface area contributed by atoms with E-state index in [0.29, 0.717) is 24.2 Å². The van der Waals surface area contributed by atoms with E-state index < -0.39 is 10.0 Å². The Balaban J connectivity index is 1.58. The predicted molar refractivity (Wildman–Crippen MR) is 110 cm³/mol. The molecule has 0 radical (unpaired) electrons. The van der Waals surface area contributed by atoms with E-state index in [-0.39, 0.29) is 10.8 Å². The number of fused-ring (bicyclic) bond motifs is 1. The van der Waals surface area contributed by atoms with Crippen LogP contribution in [0, 0.1) is 6.92 Å². The Morgan fingerprint density at radius 1 is 0.964 bits per heavy atom. The van der Waals surface area contributed by atoms with Crippen LogP contribution in [-0.2, 0) is 16.4 Å². The zero-order valence-corrected chi connectivity index (χ0v) is 16.2. The van der Waals surface area contributed by atoms with Crippen molar-refractivity contribution in [3.05, 3.63) is 89.5 Å². The number of nitrogens with one attached hydrogen (secondary N) is 1. The molecule has 1 amide bonds. The first-order chi connectivity index (χ1) is 13.4. The summed E-state index contributed by atoms with van der Waals surface area (Å²) in [5, 5.41) is 0. The molecule has 0 unspecified atom stereocenters. The van der Waals surface area contributed by atoms with Crippen LogP contribution in [0.4, 0.5) is 11.4 Å². The Morgan fingerprint density at radius 3 is 2.50 bits per heavy atom. The number of benzene rings is 3. The van der Waals surface area contributed by atoms with Crippen LogP contribution in [0.1, 0.15) is 21.5 Å². The molecule has 4 rings (SSSR count). The maximum absolute atomic E-state index is 12.8. The van der Waals surface area contributed by atoms with E-state index in [1.165, 1.54) is 0 Å². The first-order valence-electron chi connectivity index (χ1n) is 9.03. The van der Waals surface area contributed by atoms with Gasteiger partial charge >= 0.3 is 0 Å². The smallest absolute Gasteiger partial charge is 0.261 e. The van der Waals surface area contributed by atoms with Gasteiger partial charge in [0.2, 0.25) is 0 Å². The molecule has 0 aromatic heterocycles. The summed E-state index contributed by atoms with van der Waals surface area (Å²) in [6.45, 7) is 2.43. The van der Waals surface area contributed by atoms with Crippen molar-refractivity contribution in [3.63, 3.8) is 0 Å². The van der Waals surface area contributed by atoms with Crippen LogP contribution in [0.25, 0.3) is 0 Å². The van der Waals surface area contributed by atoms with Crippen LogP contribution in [0.15, 0.2) is 77.7 Å². The molecule has 0 saturated carbocycles. The van der Waals surface area contributed by atoms with Gasteiger partial charge < -0.3 is 4.90 Å². The van der Waals surface area contributed by atoms with Crippen molar-refractivity contribution in [2.24, 2.45) is 0 Å².